The van der Waals surface area contributed by atoms with Crippen LogP contribution in [-0.4, -0.2) is 64.6 Å². The molecule has 3 amide bonds. The van der Waals surface area contributed by atoms with Crippen LogP contribution in [0, 0.1) is 12.8 Å². The van der Waals surface area contributed by atoms with Crippen LogP contribution < -0.4 is 10.6 Å². The summed E-state index contributed by atoms with van der Waals surface area (Å²) in [5, 5.41) is 25.5. The highest BCUT2D eigenvalue weighted by molar-refractivity contribution is 5.95. The van der Waals surface area contributed by atoms with Gasteiger partial charge in [-0.15, -0.1) is 0 Å². The second kappa shape index (κ2) is 6.95. The molecule has 1 unspecified atom stereocenters. The number of carbonyl (C=O) groups excluding carboxylic acids is 3. The molecule has 0 aliphatic carbocycles. The Morgan fingerprint density at radius 2 is 2.12 bits per heavy atom. The molecule has 0 aromatic heterocycles. The minimum atomic E-state index is -1.17. The van der Waals surface area contributed by atoms with E-state index in [1.807, 2.05) is 0 Å². The molecule has 2 heterocycles. The molecule has 2 aliphatic rings. The van der Waals surface area contributed by atoms with Gasteiger partial charge in [0.05, 0.1) is 13.1 Å². The monoisotopic (exact) mass is 361 g/mol. The highest BCUT2D eigenvalue weighted by Gasteiger charge is 2.44. The van der Waals surface area contributed by atoms with Gasteiger partial charge in [-0.2, -0.15) is 0 Å². The number of phenolic OH excluding ortho intramolecular Hbond substituents is 1. The molecule has 1 aromatic rings. The first-order chi connectivity index (χ1) is 12.3. The van der Waals surface area contributed by atoms with E-state index in [2.05, 4.69) is 10.6 Å². The number of hydrogen-bond acceptors (Lipinski definition) is 5. The summed E-state index contributed by atoms with van der Waals surface area (Å²) >= 11 is 0. The Labute approximate surface area is 151 Å². The van der Waals surface area contributed by atoms with Gasteiger partial charge in [-0.1, -0.05) is 6.07 Å². The van der Waals surface area contributed by atoms with Gasteiger partial charge < -0.3 is 25.7 Å². The van der Waals surface area contributed by atoms with Gasteiger partial charge in [0, 0.05) is 31.0 Å². The van der Waals surface area contributed by atoms with Gasteiger partial charge in [0.2, 0.25) is 11.8 Å². The number of amides is 3. The van der Waals surface area contributed by atoms with E-state index < -0.39 is 5.60 Å². The SMILES string of the molecule is Cc1ccc(C(=O)N2CC(O)(CNC(=O)C3CCNC(=O)C3)C2)cc1O. The molecule has 4 N–H and O–H groups in total. The molecule has 2 fully saturated rings. The van der Waals surface area contributed by atoms with Gasteiger partial charge in [-0.05, 0) is 31.0 Å². The summed E-state index contributed by atoms with van der Waals surface area (Å²) in [5.74, 6) is -0.991. The van der Waals surface area contributed by atoms with E-state index in [1.165, 1.54) is 11.0 Å². The van der Waals surface area contributed by atoms with Gasteiger partial charge in [0.15, 0.2) is 0 Å². The van der Waals surface area contributed by atoms with Crippen molar-refractivity contribution in [1.82, 2.24) is 15.5 Å². The van der Waals surface area contributed by atoms with Crippen LogP contribution in [0.3, 0.4) is 0 Å². The number of likely N-dealkylation sites (tertiary alicyclic amines) is 1. The Morgan fingerprint density at radius 3 is 2.77 bits per heavy atom. The van der Waals surface area contributed by atoms with E-state index in [1.54, 1.807) is 19.1 Å². The minimum Gasteiger partial charge on any atom is -0.508 e. The average molecular weight is 361 g/mol. The molecule has 3 rings (SSSR count). The third-order valence-corrected chi connectivity index (χ3v) is 4.92. The van der Waals surface area contributed by atoms with Crippen molar-refractivity contribution in [3.05, 3.63) is 29.3 Å². The van der Waals surface area contributed by atoms with E-state index in [-0.39, 0.29) is 55.4 Å². The van der Waals surface area contributed by atoms with E-state index >= 15 is 0 Å². The minimum absolute atomic E-state index is 0.0346. The fourth-order valence-electron chi connectivity index (χ4n) is 3.25. The molecule has 0 spiro atoms. The summed E-state index contributed by atoms with van der Waals surface area (Å²) in [4.78, 5) is 37.3. The number of hydrogen-bond donors (Lipinski definition) is 4. The van der Waals surface area contributed by atoms with Crippen LogP contribution in [0.25, 0.3) is 0 Å². The lowest BCUT2D eigenvalue weighted by Crippen LogP contribution is -2.67. The lowest BCUT2D eigenvalue weighted by Gasteiger charge is -2.46. The highest BCUT2D eigenvalue weighted by Crippen LogP contribution is 2.25. The van der Waals surface area contributed by atoms with Crippen molar-refractivity contribution in [3.8, 4) is 5.75 Å². The molecule has 0 bridgehead atoms. The molecular weight excluding hydrogens is 338 g/mol. The quantitative estimate of drug-likeness (QED) is 0.578. The van der Waals surface area contributed by atoms with E-state index in [9.17, 15) is 24.6 Å². The first kappa shape index (κ1) is 18.2. The lowest BCUT2D eigenvalue weighted by molar-refractivity contribution is -0.134. The smallest absolute Gasteiger partial charge is 0.254 e. The molecule has 0 radical (unpaired) electrons. The average Bonchev–Trinajstić information content (AvgIpc) is 2.59. The van der Waals surface area contributed by atoms with Crippen molar-refractivity contribution in [3.63, 3.8) is 0 Å². The molecule has 140 valence electrons. The molecule has 1 atom stereocenters. The molecule has 2 aliphatic heterocycles. The zero-order valence-corrected chi connectivity index (χ0v) is 14.6. The van der Waals surface area contributed by atoms with Crippen LogP contribution in [0.4, 0.5) is 0 Å². The van der Waals surface area contributed by atoms with Gasteiger partial charge in [-0.3, -0.25) is 14.4 Å². The summed E-state index contributed by atoms with van der Waals surface area (Å²) in [7, 11) is 0. The van der Waals surface area contributed by atoms with Crippen LogP contribution in [0.5, 0.6) is 5.75 Å². The molecule has 2 saturated heterocycles. The number of aryl methyl sites for hydroxylation is 1. The number of carbonyl (C=O) groups is 3. The molecule has 1 aromatic carbocycles. The Kier molecular flexibility index (Phi) is 4.86. The molecule has 0 saturated carbocycles. The fraction of sp³-hybridized carbons (Fsp3) is 0.500. The van der Waals surface area contributed by atoms with Gasteiger partial charge in [-0.25, -0.2) is 0 Å². The maximum Gasteiger partial charge on any atom is 0.254 e. The molecule has 8 nitrogen and oxygen atoms in total. The number of aliphatic hydroxyl groups is 1. The van der Waals surface area contributed by atoms with Crippen molar-refractivity contribution in [1.29, 1.82) is 0 Å². The Bertz CT molecular complexity index is 742. The van der Waals surface area contributed by atoms with Crippen LogP contribution in [0.1, 0.15) is 28.8 Å². The summed E-state index contributed by atoms with van der Waals surface area (Å²) in [6, 6.07) is 4.70. The largest absolute Gasteiger partial charge is 0.508 e. The van der Waals surface area contributed by atoms with Gasteiger partial charge >= 0.3 is 0 Å². The summed E-state index contributed by atoms with van der Waals surface area (Å²) < 4.78 is 0. The first-order valence-electron chi connectivity index (χ1n) is 8.63. The topological polar surface area (TPSA) is 119 Å². The summed E-state index contributed by atoms with van der Waals surface area (Å²) in [6.07, 6.45) is 0.739. The number of piperidine rings is 1. The van der Waals surface area contributed by atoms with E-state index in [0.29, 0.717) is 24.1 Å². The number of β-amino-alcohol motifs (C(OH)–C–C–N with tert-alkyl or cyclic N) is 1. The number of aromatic hydroxyl groups is 1. The number of nitrogens with one attached hydrogen (secondary N) is 2. The number of nitrogens with zero attached hydrogens (tertiary/aromatic N) is 1. The fourth-order valence-corrected chi connectivity index (χ4v) is 3.25. The molecule has 26 heavy (non-hydrogen) atoms. The Balaban J connectivity index is 1.49. The van der Waals surface area contributed by atoms with Gasteiger partial charge in [0.1, 0.15) is 11.4 Å². The predicted molar refractivity (Wildman–Crippen MR) is 92.4 cm³/mol. The number of rotatable bonds is 4. The van der Waals surface area contributed by atoms with Crippen LogP contribution in [0.2, 0.25) is 0 Å². The lowest BCUT2D eigenvalue weighted by atomic mass is 9.91. The van der Waals surface area contributed by atoms with E-state index in [4.69, 9.17) is 0 Å². The molecular formula is C18H23N3O5. The normalized spacial score (nSPS) is 21.5. The second-order valence-electron chi connectivity index (χ2n) is 7.14. The zero-order chi connectivity index (χ0) is 18.9. The third kappa shape index (κ3) is 3.80. The summed E-state index contributed by atoms with van der Waals surface area (Å²) in [6.45, 7) is 2.46. The zero-order valence-electron chi connectivity index (χ0n) is 14.6. The van der Waals surface area contributed by atoms with Crippen molar-refractivity contribution < 1.29 is 24.6 Å². The van der Waals surface area contributed by atoms with Crippen LogP contribution in [-0.2, 0) is 9.59 Å². The number of benzene rings is 1. The predicted octanol–water partition coefficient (Wildman–Crippen LogP) is -0.470. The van der Waals surface area contributed by atoms with Gasteiger partial charge in [0.25, 0.3) is 5.91 Å². The standard InChI is InChI=1S/C18H23N3O5/c1-11-2-3-13(6-14(11)22)17(25)21-9-18(26,10-21)8-20-16(24)12-4-5-19-15(23)7-12/h2-3,6,12,22,26H,4-5,7-10H2,1H3,(H,19,23)(H,20,24). The maximum absolute atomic E-state index is 12.4. The summed E-state index contributed by atoms with van der Waals surface area (Å²) in [5.41, 5.74) is -0.136. The third-order valence-electron chi connectivity index (χ3n) is 4.92. The maximum atomic E-state index is 12.4. The number of phenols is 1. The van der Waals surface area contributed by atoms with Crippen molar-refractivity contribution in [2.24, 2.45) is 5.92 Å². The Hall–Kier alpha value is -2.61. The van der Waals surface area contributed by atoms with Crippen molar-refractivity contribution in [2.75, 3.05) is 26.2 Å². The second-order valence-corrected chi connectivity index (χ2v) is 7.14. The highest BCUT2D eigenvalue weighted by atomic mass is 16.3. The molecule has 8 heteroatoms. The first-order valence-corrected chi connectivity index (χ1v) is 8.63. The van der Waals surface area contributed by atoms with Crippen LogP contribution >= 0.6 is 0 Å². The van der Waals surface area contributed by atoms with Crippen LogP contribution in [0.15, 0.2) is 18.2 Å². The Morgan fingerprint density at radius 1 is 1.38 bits per heavy atom. The van der Waals surface area contributed by atoms with E-state index in [0.717, 1.165) is 0 Å². The van der Waals surface area contributed by atoms with Crippen molar-refractivity contribution in [2.45, 2.75) is 25.4 Å². The van der Waals surface area contributed by atoms with Crippen molar-refractivity contribution >= 4 is 17.7 Å².